The zero-order valence-corrected chi connectivity index (χ0v) is 13.6. The summed E-state index contributed by atoms with van der Waals surface area (Å²) in [6.45, 7) is 5.95. The zero-order chi connectivity index (χ0) is 15.8. The first-order valence-corrected chi connectivity index (χ1v) is 8.09. The predicted molar refractivity (Wildman–Crippen MR) is 84.8 cm³/mol. The summed E-state index contributed by atoms with van der Waals surface area (Å²) < 4.78 is 0. The van der Waals surface area contributed by atoms with Gasteiger partial charge in [0.1, 0.15) is 6.04 Å². The SMILES string of the molecule is CCCCC(NC(=O)NC(C)Cc1ccc(C)s1)C(=O)O. The summed E-state index contributed by atoms with van der Waals surface area (Å²) in [4.78, 5) is 25.4. The van der Waals surface area contributed by atoms with Crippen LogP contribution >= 0.6 is 11.3 Å². The molecule has 1 aromatic heterocycles. The van der Waals surface area contributed by atoms with E-state index in [-0.39, 0.29) is 6.04 Å². The van der Waals surface area contributed by atoms with Gasteiger partial charge in [0.15, 0.2) is 0 Å². The molecule has 0 radical (unpaired) electrons. The molecule has 0 saturated heterocycles. The Hall–Kier alpha value is -1.56. The second kappa shape index (κ2) is 8.67. The van der Waals surface area contributed by atoms with Crippen molar-refractivity contribution in [3.8, 4) is 0 Å². The molecular weight excluding hydrogens is 288 g/mol. The number of aryl methyl sites for hydroxylation is 1. The molecule has 2 amide bonds. The molecule has 0 bridgehead atoms. The van der Waals surface area contributed by atoms with Crippen molar-refractivity contribution in [2.75, 3.05) is 0 Å². The minimum absolute atomic E-state index is 0.0383. The summed E-state index contributed by atoms with van der Waals surface area (Å²) in [5.41, 5.74) is 0. The summed E-state index contributed by atoms with van der Waals surface area (Å²) in [6.07, 6.45) is 2.89. The lowest BCUT2D eigenvalue weighted by Gasteiger charge is -2.18. The van der Waals surface area contributed by atoms with Gasteiger partial charge in [0, 0.05) is 22.2 Å². The van der Waals surface area contributed by atoms with E-state index in [9.17, 15) is 9.59 Å². The van der Waals surface area contributed by atoms with Crippen molar-refractivity contribution in [2.45, 2.75) is 58.5 Å². The van der Waals surface area contributed by atoms with Crippen molar-refractivity contribution in [2.24, 2.45) is 0 Å². The first-order chi connectivity index (χ1) is 9.92. The molecule has 5 nitrogen and oxygen atoms in total. The van der Waals surface area contributed by atoms with Gasteiger partial charge in [-0.25, -0.2) is 9.59 Å². The van der Waals surface area contributed by atoms with E-state index in [1.807, 2.05) is 20.8 Å². The molecule has 3 N–H and O–H groups in total. The first-order valence-electron chi connectivity index (χ1n) is 7.27. The average Bonchev–Trinajstić information content (AvgIpc) is 2.79. The van der Waals surface area contributed by atoms with E-state index in [0.717, 1.165) is 19.3 Å². The number of carboxylic acids is 1. The topological polar surface area (TPSA) is 78.4 Å². The van der Waals surface area contributed by atoms with E-state index in [1.54, 1.807) is 11.3 Å². The van der Waals surface area contributed by atoms with Crippen LogP contribution in [0, 0.1) is 6.92 Å². The molecule has 118 valence electrons. The first kappa shape index (κ1) is 17.5. The number of hydrogen-bond donors (Lipinski definition) is 3. The molecule has 0 saturated carbocycles. The van der Waals surface area contributed by atoms with Crippen molar-refractivity contribution < 1.29 is 14.7 Å². The van der Waals surface area contributed by atoms with Crippen LogP contribution in [-0.2, 0) is 11.2 Å². The van der Waals surface area contributed by atoms with Crippen LogP contribution in [0.2, 0.25) is 0 Å². The van der Waals surface area contributed by atoms with E-state index in [2.05, 4.69) is 22.8 Å². The number of aliphatic carboxylic acids is 1. The fraction of sp³-hybridized carbons (Fsp3) is 0.600. The van der Waals surface area contributed by atoms with Crippen LogP contribution in [0.4, 0.5) is 4.79 Å². The van der Waals surface area contributed by atoms with Gasteiger partial charge >= 0.3 is 12.0 Å². The van der Waals surface area contributed by atoms with Crippen molar-refractivity contribution in [3.05, 3.63) is 21.9 Å². The minimum atomic E-state index is -0.986. The minimum Gasteiger partial charge on any atom is -0.480 e. The Labute approximate surface area is 129 Å². The summed E-state index contributed by atoms with van der Waals surface area (Å²) >= 11 is 1.71. The third-order valence-electron chi connectivity index (χ3n) is 3.13. The molecule has 6 heteroatoms. The Morgan fingerprint density at radius 3 is 2.57 bits per heavy atom. The molecule has 0 spiro atoms. The van der Waals surface area contributed by atoms with Crippen molar-refractivity contribution in [3.63, 3.8) is 0 Å². The Balaban J connectivity index is 2.41. The van der Waals surface area contributed by atoms with Gasteiger partial charge in [-0.15, -0.1) is 11.3 Å². The number of carbonyl (C=O) groups is 2. The fourth-order valence-corrected chi connectivity index (χ4v) is 3.06. The summed E-state index contributed by atoms with van der Waals surface area (Å²) in [7, 11) is 0. The Morgan fingerprint density at radius 1 is 1.33 bits per heavy atom. The molecule has 0 aliphatic rings. The molecule has 1 aromatic rings. The largest absolute Gasteiger partial charge is 0.480 e. The molecule has 0 aromatic carbocycles. The number of urea groups is 1. The molecular formula is C15H24N2O3S. The molecule has 1 heterocycles. The lowest BCUT2D eigenvalue weighted by Crippen LogP contribution is -2.48. The van der Waals surface area contributed by atoms with Crippen LogP contribution in [0.25, 0.3) is 0 Å². The third-order valence-corrected chi connectivity index (χ3v) is 4.15. The van der Waals surface area contributed by atoms with Crippen LogP contribution in [0.15, 0.2) is 12.1 Å². The number of unbranched alkanes of at least 4 members (excludes halogenated alkanes) is 1. The van der Waals surface area contributed by atoms with Crippen LogP contribution in [0.5, 0.6) is 0 Å². The highest BCUT2D eigenvalue weighted by atomic mass is 32.1. The number of carbonyl (C=O) groups excluding carboxylic acids is 1. The number of thiophene rings is 1. The standard InChI is InChI=1S/C15H24N2O3S/c1-4-5-6-13(14(18)19)17-15(20)16-10(2)9-12-8-7-11(3)21-12/h7-8,10,13H,4-6,9H2,1-3H3,(H,18,19)(H2,16,17,20). The average molecular weight is 312 g/mol. The van der Waals surface area contributed by atoms with Gasteiger partial charge in [-0.2, -0.15) is 0 Å². The Bertz CT molecular complexity index is 473. The van der Waals surface area contributed by atoms with Crippen LogP contribution in [-0.4, -0.2) is 29.2 Å². The smallest absolute Gasteiger partial charge is 0.326 e. The Morgan fingerprint density at radius 2 is 2.05 bits per heavy atom. The highest BCUT2D eigenvalue weighted by Crippen LogP contribution is 2.16. The maximum atomic E-state index is 11.8. The molecule has 1 rings (SSSR count). The van der Waals surface area contributed by atoms with E-state index in [4.69, 9.17) is 5.11 Å². The number of nitrogens with one attached hydrogen (secondary N) is 2. The zero-order valence-electron chi connectivity index (χ0n) is 12.8. The van der Waals surface area contributed by atoms with Gasteiger partial charge in [0.2, 0.25) is 0 Å². The highest BCUT2D eigenvalue weighted by molar-refractivity contribution is 7.11. The second-order valence-electron chi connectivity index (χ2n) is 5.27. The van der Waals surface area contributed by atoms with Crippen LogP contribution in [0.3, 0.4) is 0 Å². The molecule has 0 aliphatic carbocycles. The monoisotopic (exact) mass is 312 g/mol. The highest BCUT2D eigenvalue weighted by Gasteiger charge is 2.20. The number of hydrogen-bond acceptors (Lipinski definition) is 3. The summed E-state index contributed by atoms with van der Waals surface area (Å²) in [6, 6.07) is 2.83. The van der Waals surface area contributed by atoms with E-state index in [1.165, 1.54) is 9.75 Å². The van der Waals surface area contributed by atoms with Crippen LogP contribution < -0.4 is 10.6 Å². The third kappa shape index (κ3) is 6.62. The maximum absolute atomic E-state index is 11.8. The predicted octanol–water partition coefficient (Wildman–Crippen LogP) is 2.93. The molecule has 2 unspecified atom stereocenters. The van der Waals surface area contributed by atoms with Gasteiger partial charge in [0.05, 0.1) is 0 Å². The number of carboxylic acid groups (broad SMARTS) is 1. The van der Waals surface area contributed by atoms with Crippen LogP contribution in [0.1, 0.15) is 42.9 Å². The van der Waals surface area contributed by atoms with Crippen molar-refractivity contribution in [1.29, 1.82) is 0 Å². The molecule has 0 fully saturated rings. The van der Waals surface area contributed by atoms with E-state index < -0.39 is 18.0 Å². The van der Waals surface area contributed by atoms with Gasteiger partial charge < -0.3 is 15.7 Å². The quantitative estimate of drug-likeness (QED) is 0.690. The van der Waals surface area contributed by atoms with E-state index in [0.29, 0.717) is 6.42 Å². The van der Waals surface area contributed by atoms with E-state index >= 15 is 0 Å². The fourth-order valence-electron chi connectivity index (χ4n) is 2.04. The second-order valence-corrected chi connectivity index (χ2v) is 6.64. The molecule has 0 aliphatic heterocycles. The summed E-state index contributed by atoms with van der Waals surface area (Å²) in [5.74, 6) is -0.986. The molecule has 21 heavy (non-hydrogen) atoms. The Kier molecular flexibility index (Phi) is 7.22. The van der Waals surface area contributed by atoms with Crippen molar-refractivity contribution >= 4 is 23.3 Å². The van der Waals surface area contributed by atoms with Gasteiger partial charge in [-0.3, -0.25) is 0 Å². The lowest BCUT2D eigenvalue weighted by atomic mass is 10.1. The normalized spacial score (nSPS) is 13.5. The van der Waals surface area contributed by atoms with Gasteiger partial charge in [0.25, 0.3) is 0 Å². The maximum Gasteiger partial charge on any atom is 0.326 e. The number of rotatable bonds is 8. The summed E-state index contributed by atoms with van der Waals surface area (Å²) in [5, 5.41) is 14.4. The number of amides is 2. The van der Waals surface area contributed by atoms with Crippen molar-refractivity contribution in [1.82, 2.24) is 10.6 Å². The van der Waals surface area contributed by atoms with Gasteiger partial charge in [-0.1, -0.05) is 19.8 Å². The van der Waals surface area contributed by atoms with Gasteiger partial charge in [-0.05, 0) is 32.4 Å². The molecule has 2 atom stereocenters. The lowest BCUT2D eigenvalue weighted by molar-refractivity contribution is -0.139.